The number of aromatic amines is 1. The molecule has 146 valence electrons. The quantitative estimate of drug-likeness (QED) is 0.752. The Labute approximate surface area is 165 Å². The van der Waals surface area contributed by atoms with E-state index < -0.39 is 5.41 Å². The molecule has 1 N–H and O–H groups in total. The van der Waals surface area contributed by atoms with Crippen molar-refractivity contribution in [3.8, 4) is 5.75 Å². The fraction of sp³-hybridized carbons (Fsp3) is 0.348. The van der Waals surface area contributed by atoms with Gasteiger partial charge in [0.15, 0.2) is 0 Å². The lowest BCUT2D eigenvalue weighted by molar-refractivity contribution is -0.136. The van der Waals surface area contributed by atoms with Crippen molar-refractivity contribution in [3.63, 3.8) is 0 Å². The molecule has 0 spiro atoms. The lowest BCUT2D eigenvalue weighted by Gasteiger charge is -2.39. The highest BCUT2D eigenvalue weighted by Gasteiger charge is 2.37. The number of piperazine rings is 1. The smallest absolute Gasteiger partial charge is 0.232 e. The molecule has 4 rings (SSSR count). The standard InChI is InChI=1S/C23H27N3O2/c1-23(2,18-16-24-19-9-5-4-8-17(18)19)22(27)26-14-12-25(13-15-26)20-10-6-7-11-21(20)28-3/h4-11,16,24H,12-15H2,1-3H3. The molecule has 0 atom stereocenters. The molecule has 1 saturated heterocycles. The Hall–Kier alpha value is -2.95. The third kappa shape index (κ3) is 3.11. The van der Waals surface area contributed by atoms with Crippen LogP contribution < -0.4 is 9.64 Å². The van der Waals surface area contributed by atoms with Gasteiger partial charge >= 0.3 is 0 Å². The Morgan fingerprint density at radius 2 is 1.68 bits per heavy atom. The molecule has 0 bridgehead atoms. The monoisotopic (exact) mass is 377 g/mol. The van der Waals surface area contributed by atoms with E-state index in [1.165, 1.54) is 0 Å². The maximum absolute atomic E-state index is 13.4. The van der Waals surface area contributed by atoms with Crippen molar-refractivity contribution in [3.05, 3.63) is 60.3 Å². The van der Waals surface area contributed by atoms with Crippen molar-refractivity contribution >= 4 is 22.5 Å². The summed E-state index contributed by atoms with van der Waals surface area (Å²) in [5.74, 6) is 1.05. The third-order valence-corrected chi connectivity index (χ3v) is 5.79. The van der Waals surface area contributed by atoms with E-state index in [0.717, 1.165) is 41.0 Å². The second kappa shape index (κ2) is 7.23. The molecule has 2 heterocycles. The molecule has 1 fully saturated rings. The number of rotatable bonds is 4. The fourth-order valence-corrected chi connectivity index (χ4v) is 4.14. The van der Waals surface area contributed by atoms with Crippen LogP contribution in [-0.2, 0) is 10.2 Å². The molecule has 2 aromatic carbocycles. The van der Waals surface area contributed by atoms with Crippen molar-refractivity contribution < 1.29 is 9.53 Å². The lowest BCUT2D eigenvalue weighted by Crippen LogP contribution is -2.53. The summed E-state index contributed by atoms with van der Waals surface area (Å²) in [6.45, 7) is 7.08. The summed E-state index contributed by atoms with van der Waals surface area (Å²) >= 11 is 0. The number of para-hydroxylation sites is 3. The van der Waals surface area contributed by atoms with Crippen LogP contribution in [0.25, 0.3) is 10.9 Å². The molecule has 0 radical (unpaired) electrons. The summed E-state index contributed by atoms with van der Waals surface area (Å²) in [4.78, 5) is 21.0. The number of anilines is 1. The van der Waals surface area contributed by atoms with Gasteiger partial charge < -0.3 is 19.5 Å². The number of carbonyl (C=O) groups is 1. The van der Waals surface area contributed by atoms with Crippen LogP contribution in [0.2, 0.25) is 0 Å². The average molecular weight is 377 g/mol. The normalized spacial score (nSPS) is 15.1. The number of hydrogen-bond acceptors (Lipinski definition) is 3. The van der Waals surface area contributed by atoms with Crippen LogP contribution in [0, 0.1) is 0 Å². The summed E-state index contributed by atoms with van der Waals surface area (Å²) in [6, 6.07) is 16.2. The summed E-state index contributed by atoms with van der Waals surface area (Å²) in [5.41, 5.74) is 2.64. The highest BCUT2D eigenvalue weighted by atomic mass is 16.5. The Kier molecular flexibility index (Phi) is 4.75. The van der Waals surface area contributed by atoms with Crippen LogP contribution in [0.3, 0.4) is 0 Å². The zero-order chi connectivity index (χ0) is 19.7. The minimum absolute atomic E-state index is 0.178. The second-order valence-electron chi connectivity index (χ2n) is 7.82. The van der Waals surface area contributed by atoms with E-state index in [9.17, 15) is 4.79 Å². The van der Waals surface area contributed by atoms with Gasteiger partial charge in [-0.2, -0.15) is 0 Å². The first-order valence-corrected chi connectivity index (χ1v) is 9.76. The van der Waals surface area contributed by atoms with E-state index in [1.807, 2.05) is 61.3 Å². The molecular formula is C23H27N3O2. The van der Waals surface area contributed by atoms with Crippen LogP contribution in [0.5, 0.6) is 5.75 Å². The largest absolute Gasteiger partial charge is 0.495 e. The number of nitrogens with zero attached hydrogens (tertiary/aromatic N) is 2. The molecule has 1 aromatic heterocycles. The SMILES string of the molecule is COc1ccccc1N1CCN(C(=O)C(C)(C)c2c[nH]c3ccccc23)CC1. The van der Waals surface area contributed by atoms with Gasteiger partial charge in [-0.25, -0.2) is 0 Å². The number of nitrogens with one attached hydrogen (secondary N) is 1. The number of carbonyl (C=O) groups excluding carboxylic acids is 1. The molecule has 0 aliphatic carbocycles. The molecule has 28 heavy (non-hydrogen) atoms. The molecule has 5 nitrogen and oxygen atoms in total. The molecule has 5 heteroatoms. The summed E-state index contributed by atoms with van der Waals surface area (Å²) in [6.07, 6.45) is 1.98. The molecule has 0 saturated carbocycles. The number of methoxy groups -OCH3 is 1. The molecular weight excluding hydrogens is 350 g/mol. The molecule has 0 unspecified atom stereocenters. The fourth-order valence-electron chi connectivity index (χ4n) is 4.14. The van der Waals surface area contributed by atoms with Gasteiger partial charge in [0.25, 0.3) is 0 Å². The summed E-state index contributed by atoms with van der Waals surface area (Å²) in [5, 5.41) is 1.12. The van der Waals surface area contributed by atoms with Gasteiger partial charge in [0, 0.05) is 43.3 Å². The van der Waals surface area contributed by atoms with Gasteiger partial charge in [-0.3, -0.25) is 4.79 Å². The number of amides is 1. The highest BCUT2D eigenvalue weighted by Crippen LogP contribution is 2.33. The molecule has 1 amide bonds. The van der Waals surface area contributed by atoms with Crippen LogP contribution in [-0.4, -0.2) is 49.1 Å². The van der Waals surface area contributed by atoms with Crippen molar-refractivity contribution in [2.45, 2.75) is 19.3 Å². The maximum atomic E-state index is 13.4. The van der Waals surface area contributed by atoms with Crippen molar-refractivity contribution in [2.75, 3.05) is 38.2 Å². The minimum atomic E-state index is -0.577. The summed E-state index contributed by atoms with van der Waals surface area (Å²) < 4.78 is 5.49. The lowest BCUT2D eigenvalue weighted by atomic mass is 9.82. The van der Waals surface area contributed by atoms with Gasteiger partial charge in [-0.15, -0.1) is 0 Å². The van der Waals surface area contributed by atoms with Gasteiger partial charge in [-0.05, 0) is 37.6 Å². The predicted molar refractivity (Wildman–Crippen MR) is 113 cm³/mol. The van der Waals surface area contributed by atoms with E-state index in [0.29, 0.717) is 13.1 Å². The first-order chi connectivity index (χ1) is 13.5. The van der Waals surface area contributed by atoms with Crippen molar-refractivity contribution in [1.82, 2.24) is 9.88 Å². The molecule has 3 aromatic rings. The van der Waals surface area contributed by atoms with Crippen LogP contribution in [0.1, 0.15) is 19.4 Å². The second-order valence-corrected chi connectivity index (χ2v) is 7.82. The van der Waals surface area contributed by atoms with E-state index in [-0.39, 0.29) is 5.91 Å². The Morgan fingerprint density at radius 3 is 2.43 bits per heavy atom. The van der Waals surface area contributed by atoms with Gasteiger partial charge in [0.05, 0.1) is 18.2 Å². The van der Waals surface area contributed by atoms with E-state index in [2.05, 4.69) is 22.0 Å². The average Bonchev–Trinajstić information content (AvgIpc) is 3.18. The molecule has 1 aliphatic rings. The van der Waals surface area contributed by atoms with E-state index in [1.54, 1.807) is 7.11 Å². The van der Waals surface area contributed by atoms with Crippen LogP contribution in [0.15, 0.2) is 54.7 Å². The number of hydrogen-bond donors (Lipinski definition) is 1. The first-order valence-electron chi connectivity index (χ1n) is 9.76. The number of H-pyrrole nitrogens is 1. The number of fused-ring (bicyclic) bond motifs is 1. The topological polar surface area (TPSA) is 48.6 Å². The highest BCUT2D eigenvalue weighted by molar-refractivity contribution is 5.94. The van der Waals surface area contributed by atoms with Gasteiger partial charge in [-0.1, -0.05) is 30.3 Å². The zero-order valence-electron chi connectivity index (χ0n) is 16.7. The Bertz CT molecular complexity index is 984. The van der Waals surface area contributed by atoms with Crippen LogP contribution >= 0.6 is 0 Å². The Morgan fingerprint density at radius 1 is 1.00 bits per heavy atom. The maximum Gasteiger partial charge on any atom is 0.232 e. The summed E-state index contributed by atoms with van der Waals surface area (Å²) in [7, 11) is 1.70. The van der Waals surface area contributed by atoms with Crippen molar-refractivity contribution in [2.24, 2.45) is 0 Å². The number of ether oxygens (including phenoxy) is 1. The predicted octanol–water partition coefficient (Wildman–Crippen LogP) is 3.80. The number of benzene rings is 2. The van der Waals surface area contributed by atoms with Crippen LogP contribution in [0.4, 0.5) is 5.69 Å². The van der Waals surface area contributed by atoms with E-state index >= 15 is 0 Å². The minimum Gasteiger partial charge on any atom is -0.495 e. The van der Waals surface area contributed by atoms with Gasteiger partial charge in [0.1, 0.15) is 5.75 Å². The van der Waals surface area contributed by atoms with Crippen molar-refractivity contribution in [1.29, 1.82) is 0 Å². The first kappa shape index (κ1) is 18.4. The third-order valence-electron chi connectivity index (χ3n) is 5.79. The number of aromatic nitrogens is 1. The van der Waals surface area contributed by atoms with Gasteiger partial charge in [0.2, 0.25) is 5.91 Å². The Balaban J connectivity index is 1.50. The molecule has 1 aliphatic heterocycles. The van der Waals surface area contributed by atoms with E-state index in [4.69, 9.17) is 4.74 Å². The zero-order valence-corrected chi connectivity index (χ0v) is 16.7.